The Bertz CT molecular complexity index is 1120. The third-order valence-electron chi connectivity index (χ3n) is 5.28. The number of nitrogens with zero attached hydrogens (tertiary/aromatic N) is 3. The monoisotopic (exact) mass is 421 g/mol. The Balaban J connectivity index is 1.93. The number of aryl methyl sites for hydroxylation is 1. The number of hydrogen-bond acceptors (Lipinski definition) is 3. The molecule has 6 heteroatoms. The van der Waals surface area contributed by atoms with E-state index < -0.39 is 5.97 Å². The van der Waals surface area contributed by atoms with E-state index in [-0.39, 0.29) is 16.8 Å². The van der Waals surface area contributed by atoms with Crippen LogP contribution in [-0.4, -0.2) is 25.4 Å². The molecular weight excluding hydrogens is 390 g/mol. The van der Waals surface area contributed by atoms with Gasteiger partial charge in [-0.05, 0) is 55.9 Å². The molecule has 0 saturated carbocycles. The largest absolute Gasteiger partial charge is 0.478 e. The highest BCUT2D eigenvalue weighted by Crippen LogP contribution is 2.24. The van der Waals surface area contributed by atoms with Gasteiger partial charge >= 0.3 is 11.7 Å². The fourth-order valence-electron chi connectivity index (χ4n) is 3.53. The average molecular weight is 422 g/mol. The summed E-state index contributed by atoms with van der Waals surface area (Å²) in [6.45, 7) is 10.7. The van der Waals surface area contributed by atoms with Crippen molar-refractivity contribution in [3.05, 3.63) is 76.0 Å². The van der Waals surface area contributed by atoms with Crippen LogP contribution < -0.4 is 5.69 Å². The van der Waals surface area contributed by atoms with Crippen molar-refractivity contribution in [2.24, 2.45) is 5.92 Å². The summed E-state index contributed by atoms with van der Waals surface area (Å²) in [4.78, 5) is 24.6. The Morgan fingerprint density at radius 2 is 1.71 bits per heavy atom. The zero-order chi connectivity index (χ0) is 22.8. The number of carbonyl (C=O) groups is 1. The van der Waals surface area contributed by atoms with Crippen molar-refractivity contribution in [3.8, 4) is 11.1 Å². The van der Waals surface area contributed by atoms with Crippen LogP contribution in [0.2, 0.25) is 0 Å². The van der Waals surface area contributed by atoms with E-state index in [1.807, 2.05) is 51.1 Å². The molecule has 0 saturated heterocycles. The zero-order valence-electron chi connectivity index (χ0n) is 18.9. The van der Waals surface area contributed by atoms with Gasteiger partial charge < -0.3 is 5.11 Å². The molecule has 0 bridgehead atoms. The van der Waals surface area contributed by atoms with Crippen molar-refractivity contribution in [2.75, 3.05) is 0 Å². The molecular formula is C25H31N3O3. The van der Waals surface area contributed by atoms with Crippen molar-refractivity contribution in [1.82, 2.24) is 14.3 Å². The topological polar surface area (TPSA) is 77.1 Å². The molecule has 3 aromatic rings. The van der Waals surface area contributed by atoms with Crippen LogP contribution in [0.1, 0.15) is 62.8 Å². The van der Waals surface area contributed by atoms with Crippen LogP contribution in [0.15, 0.2) is 53.3 Å². The lowest BCUT2D eigenvalue weighted by Gasteiger charge is -2.17. The Kier molecular flexibility index (Phi) is 6.48. The Morgan fingerprint density at radius 3 is 2.29 bits per heavy atom. The first-order valence-electron chi connectivity index (χ1n) is 10.7. The number of benzene rings is 2. The van der Waals surface area contributed by atoms with E-state index in [4.69, 9.17) is 0 Å². The SMILES string of the molecule is CC(C)CCc1nn(C(C)(C)C)c(=O)n1Cc1ccc(-c2ccccc2C(=O)O)cc1. The Morgan fingerprint density at radius 1 is 1.06 bits per heavy atom. The smallest absolute Gasteiger partial charge is 0.346 e. The van der Waals surface area contributed by atoms with Crippen molar-refractivity contribution in [2.45, 2.75) is 59.5 Å². The van der Waals surface area contributed by atoms with Crippen LogP contribution in [0.4, 0.5) is 0 Å². The van der Waals surface area contributed by atoms with Gasteiger partial charge in [-0.15, -0.1) is 0 Å². The van der Waals surface area contributed by atoms with Gasteiger partial charge in [0.15, 0.2) is 0 Å². The van der Waals surface area contributed by atoms with Gasteiger partial charge in [-0.2, -0.15) is 5.10 Å². The quantitative estimate of drug-likeness (QED) is 0.594. The lowest BCUT2D eigenvalue weighted by atomic mass is 9.99. The van der Waals surface area contributed by atoms with Gasteiger partial charge in [0, 0.05) is 6.42 Å². The molecule has 1 N–H and O–H groups in total. The molecule has 0 unspecified atom stereocenters. The van der Waals surface area contributed by atoms with Gasteiger partial charge in [0.1, 0.15) is 5.82 Å². The lowest BCUT2D eigenvalue weighted by molar-refractivity contribution is 0.0697. The van der Waals surface area contributed by atoms with Crippen molar-refractivity contribution in [3.63, 3.8) is 0 Å². The van der Waals surface area contributed by atoms with E-state index in [1.54, 1.807) is 27.4 Å². The average Bonchev–Trinajstić information content (AvgIpc) is 3.03. The predicted molar refractivity (Wildman–Crippen MR) is 123 cm³/mol. The van der Waals surface area contributed by atoms with E-state index in [0.29, 0.717) is 18.0 Å². The van der Waals surface area contributed by atoms with Gasteiger partial charge in [0.05, 0.1) is 17.6 Å². The highest BCUT2D eigenvalue weighted by atomic mass is 16.4. The summed E-state index contributed by atoms with van der Waals surface area (Å²) in [6.07, 6.45) is 1.71. The molecule has 0 aliphatic heterocycles. The molecule has 0 radical (unpaired) electrons. The molecule has 0 aliphatic rings. The summed E-state index contributed by atoms with van der Waals surface area (Å²) < 4.78 is 3.33. The van der Waals surface area contributed by atoms with Crippen LogP contribution in [-0.2, 0) is 18.5 Å². The molecule has 0 amide bonds. The maximum absolute atomic E-state index is 13.1. The first kappa shape index (κ1) is 22.5. The summed E-state index contributed by atoms with van der Waals surface area (Å²) in [7, 11) is 0. The predicted octanol–water partition coefficient (Wildman–Crippen LogP) is 4.80. The van der Waals surface area contributed by atoms with E-state index in [0.717, 1.165) is 29.8 Å². The zero-order valence-corrected chi connectivity index (χ0v) is 18.9. The first-order valence-corrected chi connectivity index (χ1v) is 10.7. The Hall–Kier alpha value is -3.15. The van der Waals surface area contributed by atoms with Gasteiger partial charge in [0.2, 0.25) is 0 Å². The summed E-state index contributed by atoms with van der Waals surface area (Å²) >= 11 is 0. The maximum atomic E-state index is 13.1. The molecule has 0 aliphatic carbocycles. The number of aromatic nitrogens is 3. The number of carboxylic acid groups (broad SMARTS) is 1. The van der Waals surface area contributed by atoms with E-state index in [9.17, 15) is 14.7 Å². The number of hydrogen-bond donors (Lipinski definition) is 1. The second-order valence-corrected chi connectivity index (χ2v) is 9.35. The molecule has 0 atom stereocenters. The van der Waals surface area contributed by atoms with Crippen LogP contribution >= 0.6 is 0 Å². The molecule has 164 valence electrons. The van der Waals surface area contributed by atoms with Crippen LogP contribution in [0.3, 0.4) is 0 Å². The fraction of sp³-hybridized carbons (Fsp3) is 0.400. The first-order chi connectivity index (χ1) is 14.6. The van der Waals surface area contributed by atoms with E-state index >= 15 is 0 Å². The van der Waals surface area contributed by atoms with Gasteiger partial charge in [-0.25, -0.2) is 14.3 Å². The molecule has 3 rings (SSSR count). The second-order valence-electron chi connectivity index (χ2n) is 9.35. The van der Waals surface area contributed by atoms with Crippen molar-refractivity contribution < 1.29 is 9.90 Å². The highest BCUT2D eigenvalue weighted by molar-refractivity contribution is 5.95. The molecule has 0 fully saturated rings. The molecule has 1 heterocycles. The minimum absolute atomic E-state index is 0.105. The molecule has 31 heavy (non-hydrogen) atoms. The maximum Gasteiger partial charge on any atom is 0.346 e. The van der Waals surface area contributed by atoms with Crippen LogP contribution in [0.5, 0.6) is 0 Å². The van der Waals surface area contributed by atoms with E-state index in [2.05, 4.69) is 18.9 Å². The van der Waals surface area contributed by atoms with Crippen molar-refractivity contribution in [1.29, 1.82) is 0 Å². The summed E-state index contributed by atoms with van der Waals surface area (Å²) in [5.41, 5.74) is 2.26. The minimum Gasteiger partial charge on any atom is -0.478 e. The lowest BCUT2D eigenvalue weighted by Crippen LogP contribution is -2.36. The van der Waals surface area contributed by atoms with E-state index in [1.165, 1.54) is 0 Å². The fourth-order valence-corrected chi connectivity index (χ4v) is 3.53. The molecule has 2 aromatic carbocycles. The van der Waals surface area contributed by atoms with Gasteiger partial charge in [-0.3, -0.25) is 4.57 Å². The highest BCUT2D eigenvalue weighted by Gasteiger charge is 2.22. The molecule has 6 nitrogen and oxygen atoms in total. The van der Waals surface area contributed by atoms with Crippen LogP contribution in [0, 0.1) is 5.92 Å². The molecule has 0 spiro atoms. The summed E-state index contributed by atoms with van der Waals surface area (Å²) in [5, 5.41) is 14.1. The standard InChI is InChI=1S/C25H31N3O3/c1-17(2)10-15-22-26-28(25(3,4)5)24(31)27(22)16-18-11-13-19(14-12-18)20-8-6-7-9-21(20)23(29)30/h6-9,11-14,17H,10,15-16H2,1-5H3,(H,29,30). The second kappa shape index (κ2) is 8.92. The van der Waals surface area contributed by atoms with Gasteiger partial charge in [-0.1, -0.05) is 56.3 Å². The number of rotatable bonds is 7. The van der Waals surface area contributed by atoms with Crippen LogP contribution in [0.25, 0.3) is 11.1 Å². The Labute approximate surface area is 183 Å². The summed E-state index contributed by atoms with van der Waals surface area (Å²) in [5.74, 6) is 0.376. The third kappa shape index (κ3) is 5.13. The third-order valence-corrected chi connectivity index (χ3v) is 5.28. The normalized spacial score (nSPS) is 11.8. The summed E-state index contributed by atoms with van der Waals surface area (Å²) in [6, 6.07) is 14.7. The number of carboxylic acids is 1. The van der Waals surface area contributed by atoms with Crippen molar-refractivity contribution >= 4 is 5.97 Å². The van der Waals surface area contributed by atoms with Gasteiger partial charge in [0.25, 0.3) is 0 Å². The number of aromatic carboxylic acids is 1. The minimum atomic E-state index is -0.949. The molecule has 1 aromatic heterocycles.